The number of hydrogen-bond acceptors (Lipinski definition) is 3. The highest BCUT2D eigenvalue weighted by Crippen LogP contribution is 2.24. The van der Waals surface area contributed by atoms with Gasteiger partial charge in [-0.2, -0.15) is 0 Å². The van der Waals surface area contributed by atoms with E-state index in [9.17, 15) is 9.18 Å². The molecule has 2 rings (SSSR count). The molecule has 2 N–H and O–H groups in total. The fourth-order valence-electron chi connectivity index (χ4n) is 2.33. The normalized spacial score (nSPS) is 18.4. The van der Waals surface area contributed by atoms with Gasteiger partial charge in [0.15, 0.2) is 0 Å². The van der Waals surface area contributed by atoms with Crippen LogP contribution < -0.4 is 10.6 Å². The van der Waals surface area contributed by atoms with E-state index in [1.54, 1.807) is 12.1 Å². The minimum atomic E-state index is -0.460. The molecular weight excluding hydrogens is 259 g/mol. The number of anilines is 1. The van der Waals surface area contributed by atoms with Crippen molar-refractivity contribution in [1.29, 1.82) is 0 Å². The number of benzene rings is 1. The maximum absolute atomic E-state index is 14.0. The van der Waals surface area contributed by atoms with Crippen LogP contribution in [0, 0.1) is 5.82 Å². The van der Waals surface area contributed by atoms with E-state index in [0.717, 1.165) is 25.7 Å². The molecule has 110 valence electrons. The standard InChI is InChI=1S/C15H21FN2O2/c1-2-3-4-5-11-6-7-12(8-14(11)16)18-10-13(9-17)20-15(18)19/h6-8,13H,2-5,9-10,17H2,1H3/t13-/m0/s1. The fraction of sp³-hybridized carbons (Fsp3) is 0.533. The first-order chi connectivity index (χ1) is 9.65. The summed E-state index contributed by atoms with van der Waals surface area (Å²) in [6, 6.07) is 4.93. The number of nitrogens with zero attached hydrogens (tertiary/aromatic N) is 1. The number of carbonyl (C=O) groups excluding carboxylic acids is 1. The number of cyclic esters (lactones) is 1. The van der Waals surface area contributed by atoms with Gasteiger partial charge in [-0.25, -0.2) is 9.18 Å². The van der Waals surface area contributed by atoms with Crippen molar-refractivity contribution in [3.8, 4) is 0 Å². The molecule has 1 heterocycles. The van der Waals surface area contributed by atoms with Gasteiger partial charge in [0.25, 0.3) is 0 Å². The molecule has 0 aliphatic carbocycles. The van der Waals surface area contributed by atoms with Crippen molar-refractivity contribution >= 4 is 11.8 Å². The highest BCUT2D eigenvalue weighted by atomic mass is 19.1. The first kappa shape index (κ1) is 14.8. The molecule has 1 aromatic carbocycles. The van der Waals surface area contributed by atoms with Gasteiger partial charge >= 0.3 is 6.09 Å². The summed E-state index contributed by atoms with van der Waals surface area (Å²) in [6.07, 6.45) is 3.15. The van der Waals surface area contributed by atoms with Crippen LogP contribution in [-0.2, 0) is 11.2 Å². The van der Waals surface area contributed by atoms with Gasteiger partial charge in [0.2, 0.25) is 0 Å². The summed E-state index contributed by atoms with van der Waals surface area (Å²) in [5, 5.41) is 0. The molecule has 4 nitrogen and oxygen atoms in total. The second-order valence-corrected chi connectivity index (χ2v) is 5.08. The first-order valence-corrected chi connectivity index (χ1v) is 7.12. The summed E-state index contributed by atoms with van der Waals surface area (Å²) in [7, 11) is 0. The maximum Gasteiger partial charge on any atom is 0.414 e. The van der Waals surface area contributed by atoms with Gasteiger partial charge in [-0.15, -0.1) is 0 Å². The van der Waals surface area contributed by atoms with Gasteiger partial charge in [0.05, 0.1) is 12.2 Å². The van der Waals surface area contributed by atoms with E-state index in [-0.39, 0.29) is 18.5 Å². The lowest BCUT2D eigenvalue weighted by molar-refractivity contribution is 0.145. The predicted molar refractivity (Wildman–Crippen MR) is 76.3 cm³/mol. The number of aryl methyl sites for hydroxylation is 1. The summed E-state index contributed by atoms with van der Waals surface area (Å²) in [4.78, 5) is 13.1. The van der Waals surface area contributed by atoms with Gasteiger partial charge in [-0.1, -0.05) is 25.8 Å². The Hall–Kier alpha value is -1.62. The minimum Gasteiger partial charge on any atom is -0.443 e. The third kappa shape index (κ3) is 3.28. The van der Waals surface area contributed by atoms with Crippen molar-refractivity contribution in [3.05, 3.63) is 29.6 Å². The van der Waals surface area contributed by atoms with Gasteiger partial charge in [-0.05, 0) is 30.5 Å². The zero-order valence-corrected chi connectivity index (χ0v) is 11.8. The molecule has 1 fully saturated rings. The summed E-state index contributed by atoms with van der Waals surface area (Å²) in [6.45, 7) is 2.77. The quantitative estimate of drug-likeness (QED) is 0.815. The fourth-order valence-corrected chi connectivity index (χ4v) is 2.33. The highest BCUT2D eigenvalue weighted by Gasteiger charge is 2.31. The molecule has 0 radical (unpaired) electrons. The predicted octanol–water partition coefficient (Wildman–Crippen LogP) is 2.84. The highest BCUT2D eigenvalue weighted by molar-refractivity contribution is 5.89. The molecule has 0 saturated carbocycles. The minimum absolute atomic E-state index is 0.261. The topological polar surface area (TPSA) is 55.6 Å². The summed E-state index contributed by atoms with van der Waals surface area (Å²) >= 11 is 0. The second kappa shape index (κ2) is 6.70. The zero-order chi connectivity index (χ0) is 14.5. The third-order valence-electron chi connectivity index (χ3n) is 3.53. The van der Waals surface area contributed by atoms with Crippen LogP contribution in [0.25, 0.3) is 0 Å². The molecule has 0 spiro atoms. The van der Waals surface area contributed by atoms with Gasteiger partial charge in [0.1, 0.15) is 11.9 Å². The van der Waals surface area contributed by atoms with E-state index in [2.05, 4.69) is 6.92 Å². The lowest BCUT2D eigenvalue weighted by Crippen LogP contribution is -2.27. The van der Waals surface area contributed by atoms with Crippen LogP contribution in [-0.4, -0.2) is 25.3 Å². The Labute approximate surface area is 118 Å². The van der Waals surface area contributed by atoms with Crippen molar-refractivity contribution < 1.29 is 13.9 Å². The molecule has 20 heavy (non-hydrogen) atoms. The first-order valence-electron chi connectivity index (χ1n) is 7.12. The van der Waals surface area contributed by atoms with E-state index < -0.39 is 6.09 Å². The average Bonchev–Trinajstić information content (AvgIpc) is 2.82. The number of nitrogens with two attached hydrogens (primary N) is 1. The zero-order valence-electron chi connectivity index (χ0n) is 11.8. The number of unbranched alkanes of at least 4 members (excludes halogenated alkanes) is 2. The Morgan fingerprint density at radius 2 is 2.25 bits per heavy atom. The van der Waals surface area contributed by atoms with Crippen LogP contribution in [0.4, 0.5) is 14.9 Å². The van der Waals surface area contributed by atoms with Crippen molar-refractivity contribution in [2.45, 2.75) is 38.7 Å². The molecule has 0 bridgehead atoms. The number of amides is 1. The van der Waals surface area contributed by atoms with Crippen LogP contribution in [0.5, 0.6) is 0 Å². The smallest absolute Gasteiger partial charge is 0.414 e. The Kier molecular flexibility index (Phi) is 4.95. The molecular formula is C15H21FN2O2. The Balaban J connectivity index is 2.07. The molecule has 0 unspecified atom stereocenters. The third-order valence-corrected chi connectivity index (χ3v) is 3.53. The molecule has 1 aromatic rings. The summed E-state index contributed by atoms with van der Waals surface area (Å²) < 4.78 is 19.1. The molecule has 5 heteroatoms. The number of carbonyl (C=O) groups is 1. The SMILES string of the molecule is CCCCCc1ccc(N2C[C@H](CN)OC2=O)cc1F. The van der Waals surface area contributed by atoms with E-state index in [1.807, 2.05) is 0 Å². The van der Waals surface area contributed by atoms with Crippen LogP contribution in [0.15, 0.2) is 18.2 Å². The Morgan fingerprint density at radius 1 is 1.45 bits per heavy atom. The monoisotopic (exact) mass is 280 g/mol. The van der Waals surface area contributed by atoms with Crippen molar-refractivity contribution in [3.63, 3.8) is 0 Å². The molecule has 1 aliphatic heterocycles. The number of halogens is 1. The van der Waals surface area contributed by atoms with E-state index in [4.69, 9.17) is 10.5 Å². The Bertz CT molecular complexity index is 479. The average molecular weight is 280 g/mol. The van der Waals surface area contributed by atoms with Crippen LogP contribution in [0.3, 0.4) is 0 Å². The Morgan fingerprint density at radius 3 is 2.85 bits per heavy atom. The molecule has 0 aromatic heterocycles. The largest absolute Gasteiger partial charge is 0.443 e. The molecule has 1 amide bonds. The van der Waals surface area contributed by atoms with E-state index in [0.29, 0.717) is 17.8 Å². The molecule has 1 aliphatic rings. The number of ether oxygens (including phenoxy) is 1. The van der Waals surface area contributed by atoms with Crippen LogP contribution in [0.1, 0.15) is 31.7 Å². The van der Waals surface area contributed by atoms with Crippen LogP contribution >= 0.6 is 0 Å². The molecule has 1 atom stereocenters. The van der Waals surface area contributed by atoms with Crippen molar-refractivity contribution in [2.24, 2.45) is 5.73 Å². The second-order valence-electron chi connectivity index (χ2n) is 5.08. The van der Waals surface area contributed by atoms with Crippen molar-refractivity contribution in [1.82, 2.24) is 0 Å². The van der Waals surface area contributed by atoms with Gasteiger partial charge in [-0.3, -0.25) is 4.90 Å². The molecule has 1 saturated heterocycles. The maximum atomic E-state index is 14.0. The van der Waals surface area contributed by atoms with Crippen LogP contribution in [0.2, 0.25) is 0 Å². The summed E-state index contributed by atoms with van der Waals surface area (Å²) in [5.41, 5.74) is 6.71. The van der Waals surface area contributed by atoms with Crippen molar-refractivity contribution in [2.75, 3.05) is 18.0 Å². The van der Waals surface area contributed by atoms with E-state index in [1.165, 1.54) is 11.0 Å². The lowest BCUT2D eigenvalue weighted by Gasteiger charge is -2.14. The number of rotatable bonds is 6. The van der Waals surface area contributed by atoms with Gasteiger partial charge < -0.3 is 10.5 Å². The lowest BCUT2D eigenvalue weighted by atomic mass is 10.1. The number of hydrogen-bond donors (Lipinski definition) is 1. The van der Waals surface area contributed by atoms with Gasteiger partial charge in [0, 0.05) is 6.54 Å². The van der Waals surface area contributed by atoms with E-state index >= 15 is 0 Å². The summed E-state index contributed by atoms with van der Waals surface area (Å²) in [5.74, 6) is -0.261.